The van der Waals surface area contributed by atoms with E-state index in [1.807, 2.05) is 13.8 Å². The Balaban J connectivity index is 2.53. The van der Waals surface area contributed by atoms with Gasteiger partial charge in [-0.15, -0.1) is 0 Å². The highest BCUT2D eigenvalue weighted by Gasteiger charge is 2.15. The van der Waals surface area contributed by atoms with Gasteiger partial charge in [0.25, 0.3) is 0 Å². The van der Waals surface area contributed by atoms with Crippen LogP contribution in [-0.2, 0) is 6.42 Å². The van der Waals surface area contributed by atoms with Crippen LogP contribution in [0.15, 0.2) is 24.5 Å². The number of benzene rings is 1. The number of anilines is 1. The third kappa shape index (κ3) is 2.92. The van der Waals surface area contributed by atoms with Crippen LogP contribution < -0.4 is 5.32 Å². The molecule has 0 unspecified atom stereocenters. The molecule has 0 bridgehead atoms. The average molecular weight is 277 g/mol. The molecule has 0 saturated heterocycles. The van der Waals surface area contributed by atoms with Crippen LogP contribution in [0.2, 0.25) is 0 Å². The largest absolute Gasteiger partial charge is 0.370 e. The van der Waals surface area contributed by atoms with Crippen LogP contribution in [0.3, 0.4) is 0 Å². The van der Waals surface area contributed by atoms with Gasteiger partial charge in [0, 0.05) is 17.7 Å². The first kappa shape index (κ1) is 14.4. The minimum Gasteiger partial charge on any atom is -0.370 e. The third-order valence-electron chi connectivity index (χ3n) is 3.02. The van der Waals surface area contributed by atoms with E-state index in [9.17, 15) is 8.78 Å². The van der Waals surface area contributed by atoms with Crippen LogP contribution in [0.25, 0.3) is 11.3 Å². The fourth-order valence-corrected chi connectivity index (χ4v) is 2.05. The summed E-state index contributed by atoms with van der Waals surface area (Å²) in [5, 5.41) is 3.19. The molecular weight excluding hydrogens is 260 g/mol. The summed E-state index contributed by atoms with van der Waals surface area (Å²) >= 11 is 0. The molecule has 1 aromatic carbocycles. The lowest BCUT2D eigenvalue weighted by Crippen LogP contribution is -2.07. The van der Waals surface area contributed by atoms with Crippen LogP contribution in [0.5, 0.6) is 0 Å². The first-order valence-electron chi connectivity index (χ1n) is 6.70. The predicted molar refractivity (Wildman–Crippen MR) is 75.5 cm³/mol. The number of nitrogens with zero attached hydrogens (tertiary/aromatic N) is 2. The van der Waals surface area contributed by atoms with Crippen LogP contribution in [-0.4, -0.2) is 16.5 Å². The molecule has 3 nitrogen and oxygen atoms in total. The van der Waals surface area contributed by atoms with Gasteiger partial charge in [-0.3, -0.25) is 0 Å². The highest BCUT2D eigenvalue weighted by Crippen LogP contribution is 2.28. The number of rotatable bonds is 5. The molecule has 1 heterocycles. The Morgan fingerprint density at radius 2 is 1.95 bits per heavy atom. The van der Waals surface area contributed by atoms with E-state index in [0.717, 1.165) is 30.7 Å². The molecule has 106 valence electrons. The number of nitrogens with one attached hydrogen (secondary N) is 1. The van der Waals surface area contributed by atoms with Gasteiger partial charge in [0.15, 0.2) is 0 Å². The highest BCUT2D eigenvalue weighted by molar-refractivity contribution is 5.68. The van der Waals surface area contributed by atoms with Gasteiger partial charge in [-0.2, -0.15) is 0 Å². The van der Waals surface area contributed by atoms with Crippen molar-refractivity contribution in [2.45, 2.75) is 26.7 Å². The maximum absolute atomic E-state index is 13.9. The van der Waals surface area contributed by atoms with E-state index in [4.69, 9.17) is 0 Å². The standard InChI is InChI=1S/C15H17F2N3/c1-3-7-18-15-11(4-2)14(19-9-20-15)12-8-10(16)5-6-13(12)17/h5-6,8-9H,3-4,7H2,1-2H3,(H,18,19,20). The van der Waals surface area contributed by atoms with Gasteiger partial charge in [-0.25, -0.2) is 18.7 Å². The molecule has 5 heteroatoms. The Bertz CT molecular complexity index is 600. The lowest BCUT2D eigenvalue weighted by molar-refractivity contribution is 0.602. The SMILES string of the molecule is CCCNc1ncnc(-c2cc(F)ccc2F)c1CC. The van der Waals surface area contributed by atoms with Gasteiger partial charge in [0.2, 0.25) is 0 Å². The quantitative estimate of drug-likeness (QED) is 0.903. The Morgan fingerprint density at radius 3 is 2.65 bits per heavy atom. The number of aromatic nitrogens is 2. The second-order valence-corrected chi connectivity index (χ2v) is 4.45. The van der Waals surface area contributed by atoms with Gasteiger partial charge in [0.1, 0.15) is 23.8 Å². The molecule has 1 N–H and O–H groups in total. The van der Waals surface area contributed by atoms with Crippen molar-refractivity contribution in [1.29, 1.82) is 0 Å². The number of hydrogen-bond donors (Lipinski definition) is 1. The Labute approximate surface area is 117 Å². The number of hydrogen-bond acceptors (Lipinski definition) is 3. The van der Waals surface area contributed by atoms with Crippen molar-refractivity contribution in [2.24, 2.45) is 0 Å². The van der Waals surface area contributed by atoms with E-state index in [2.05, 4.69) is 15.3 Å². The van der Waals surface area contributed by atoms with Crippen molar-refractivity contribution < 1.29 is 8.78 Å². The lowest BCUT2D eigenvalue weighted by Gasteiger charge is -2.13. The van der Waals surface area contributed by atoms with Gasteiger partial charge in [0.05, 0.1) is 5.69 Å². The normalized spacial score (nSPS) is 10.6. The van der Waals surface area contributed by atoms with Crippen LogP contribution in [0, 0.1) is 11.6 Å². The molecule has 0 atom stereocenters. The third-order valence-corrected chi connectivity index (χ3v) is 3.02. The second kappa shape index (κ2) is 6.41. The van der Waals surface area contributed by atoms with E-state index >= 15 is 0 Å². The summed E-state index contributed by atoms with van der Waals surface area (Å²) in [5.74, 6) is -0.283. The van der Waals surface area contributed by atoms with Crippen LogP contribution in [0.4, 0.5) is 14.6 Å². The van der Waals surface area contributed by atoms with Crippen molar-refractivity contribution in [2.75, 3.05) is 11.9 Å². The number of halogens is 2. The molecule has 0 fully saturated rings. The molecule has 0 saturated carbocycles. The molecule has 20 heavy (non-hydrogen) atoms. The summed E-state index contributed by atoms with van der Waals surface area (Å²) in [6.45, 7) is 4.76. The van der Waals surface area contributed by atoms with Gasteiger partial charge >= 0.3 is 0 Å². The minimum absolute atomic E-state index is 0.170. The first-order chi connectivity index (χ1) is 9.67. The smallest absolute Gasteiger partial charge is 0.133 e. The molecule has 0 aliphatic carbocycles. The predicted octanol–water partition coefficient (Wildman–Crippen LogP) is 3.81. The Hall–Kier alpha value is -2.04. The lowest BCUT2D eigenvalue weighted by atomic mass is 10.0. The van der Waals surface area contributed by atoms with E-state index in [1.165, 1.54) is 12.4 Å². The molecule has 2 rings (SSSR count). The summed E-state index contributed by atoms with van der Waals surface area (Å²) in [4.78, 5) is 8.32. The molecule has 0 spiro atoms. The van der Waals surface area contributed by atoms with Crippen molar-refractivity contribution in [1.82, 2.24) is 9.97 Å². The summed E-state index contributed by atoms with van der Waals surface area (Å²) in [6, 6.07) is 3.38. The highest BCUT2D eigenvalue weighted by atomic mass is 19.1. The molecule has 2 aromatic rings. The molecule has 0 amide bonds. The van der Waals surface area contributed by atoms with Crippen molar-refractivity contribution in [3.05, 3.63) is 41.7 Å². The van der Waals surface area contributed by atoms with Crippen molar-refractivity contribution >= 4 is 5.82 Å². The van der Waals surface area contributed by atoms with Crippen molar-refractivity contribution in [3.63, 3.8) is 0 Å². The molecule has 0 radical (unpaired) electrons. The Kier molecular flexibility index (Phi) is 4.61. The van der Waals surface area contributed by atoms with Gasteiger partial charge in [-0.1, -0.05) is 13.8 Å². The van der Waals surface area contributed by atoms with Crippen LogP contribution in [0.1, 0.15) is 25.8 Å². The zero-order valence-corrected chi connectivity index (χ0v) is 11.6. The summed E-state index contributed by atoms with van der Waals surface area (Å²) in [7, 11) is 0. The monoisotopic (exact) mass is 277 g/mol. The van der Waals surface area contributed by atoms with Crippen molar-refractivity contribution in [3.8, 4) is 11.3 Å². The summed E-state index contributed by atoms with van der Waals surface area (Å²) in [5.41, 5.74) is 1.41. The van der Waals surface area contributed by atoms with E-state index in [0.29, 0.717) is 17.9 Å². The Morgan fingerprint density at radius 1 is 1.15 bits per heavy atom. The average Bonchev–Trinajstić information content (AvgIpc) is 2.47. The zero-order chi connectivity index (χ0) is 14.5. The fraction of sp³-hybridized carbons (Fsp3) is 0.333. The first-order valence-corrected chi connectivity index (χ1v) is 6.70. The minimum atomic E-state index is -0.485. The molecule has 0 aliphatic heterocycles. The maximum Gasteiger partial charge on any atom is 0.133 e. The second-order valence-electron chi connectivity index (χ2n) is 4.45. The van der Waals surface area contributed by atoms with E-state index in [1.54, 1.807) is 0 Å². The van der Waals surface area contributed by atoms with Gasteiger partial charge < -0.3 is 5.32 Å². The topological polar surface area (TPSA) is 37.8 Å². The summed E-state index contributed by atoms with van der Waals surface area (Å²) < 4.78 is 27.3. The summed E-state index contributed by atoms with van der Waals surface area (Å²) in [6.07, 6.45) is 2.96. The van der Waals surface area contributed by atoms with E-state index in [-0.39, 0.29) is 5.56 Å². The van der Waals surface area contributed by atoms with E-state index < -0.39 is 11.6 Å². The molecule has 1 aromatic heterocycles. The van der Waals surface area contributed by atoms with Crippen LogP contribution >= 0.6 is 0 Å². The fourth-order valence-electron chi connectivity index (χ4n) is 2.05. The molecule has 0 aliphatic rings. The zero-order valence-electron chi connectivity index (χ0n) is 11.6. The molecular formula is C15H17F2N3. The maximum atomic E-state index is 13.9. The van der Waals surface area contributed by atoms with Gasteiger partial charge in [-0.05, 0) is 31.0 Å².